The van der Waals surface area contributed by atoms with Gasteiger partial charge in [-0.05, 0) is 24.3 Å². The summed E-state index contributed by atoms with van der Waals surface area (Å²) in [5.41, 5.74) is -0.412. The molecular weight excluding hydrogens is 261 g/mol. The van der Waals surface area contributed by atoms with Gasteiger partial charge in [-0.25, -0.2) is 18.0 Å². The first kappa shape index (κ1) is 12.9. The lowest BCUT2D eigenvalue weighted by molar-refractivity contribution is 0.0693. The zero-order valence-electron chi connectivity index (χ0n) is 9.36. The molecule has 0 spiro atoms. The summed E-state index contributed by atoms with van der Waals surface area (Å²) in [6, 6.07) is 5.91. The fourth-order valence-corrected chi connectivity index (χ4v) is 1.44. The number of halogens is 3. The molecule has 0 radical (unpaired) electrons. The molecule has 0 unspecified atom stereocenters. The number of benzene rings is 2. The van der Waals surface area contributed by atoms with E-state index in [0.29, 0.717) is 6.07 Å². The third kappa shape index (κ3) is 2.67. The molecule has 2 aromatic carbocycles. The van der Waals surface area contributed by atoms with Crippen LogP contribution in [0.25, 0.3) is 0 Å². The van der Waals surface area contributed by atoms with Crippen LogP contribution in [0.4, 0.5) is 13.2 Å². The van der Waals surface area contributed by atoms with Gasteiger partial charge in [0, 0.05) is 6.07 Å². The van der Waals surface area contributed by atoms with Gasteiger partial charge in [-0.15, -0.1) is 0 Å². The SMILES string of the molecule is O=C(O)c1cccc(F)c1Oc1ccc(F)c(F)c1. The maximum Gasteiger partial charge on any atom is 0.339 e. The maximum atomic E-state index is 13.5. The molecule has 0 saturated carbocycles. The minimum atomic E-state index is -1.39. The zero-order valence-corrected chi connectivity index (χ0v) is 9.36. The molecule has 2 aromatic rings. The molecule has 0 aliphatic rings. The van der Waals surface area contributed by atoms with Crippen molar-refractivity contribution in [3.8, 4) is 11.5 Å². The number of carboxylic acids is 1. The number of carbonyl (C=O) groups is 1. The Morgan fingerprint density at radius 1 is 1.00 bits per heavy atom. The second-order valence-electron chi connectivity index (χ2n) is 3.60. The first-order valence-corrected chi connectivity index (χ1v) is 5.13. The standard InChI is InChI=1S/C13H7F3O3/c14-9-5-4-7(6-11(9)16)19-12-8(13(17)18)2-1-3-10(12)15/h1-6H,(H,17,18). The number of aromatic carboxylic acids is 1. The lowest BCUT2D eigenvalue weighted by Gasteiger charge is -2.09. The molecule has 0 bridgehead atoms. The van der Waals surface area contributed by atoms with Crippen molar-refractivity contribution >= 4 is 5.97 Å². The molecule has 2 rings (SSSR count). The number of carboxylic acid groups (broad SMARTS) is 1. The Morgan fingerprint density at radius 2 is 1.74 bits per heavy atom. The molecule has 0 aliphatic carbocycles. The number of hydrogen-bond acceptors (Lipinski definition) is 2. The second kappa shape index (κ2) is 5.01. The van der Waals surface area contributed by atoms with Crippen molar-refractivity contribution in [3.63, 3.8) is 0 Å². The van der Waals surface area contributed by atoms with E-state index in [-0.39, 0.29) is 5.75 Å². The van der Waals surface area contributed by atoms with Gasteiger partial charge in [0.05, 0.1) is 0 Å². The van der Waals surface area contributed by atoms with Crippen LogP contribution in [0.5, 0.6) is 11.5 Å². The third-order valence-electron chi connectivity index (χ3n) is 2.31. The van der Waals surface area contributed by atoms with E-state index in [9.17, 15) is 18.0 Å². The Labute approximate surface area is 105 Å². The number of para-hydroxylation sites is 1. The van der Waals surface area contributed by atoms with E-state index in [4.69, 9.17) is 9.84 Å². The molecule has 0 saturated heterocycles. The molecule has 0 aliphatic heterocycles. The largest absolute Gasteiger partial charge is 0.478 e. The fraction of sp³-hybridized carbons (Fsp3) is 0. The van der Waals surface area contributed by atoms with Crippen LogP contribution in [0.15, 0.2) is 36.4 Å². The van der Waals surface area contributed by atoms with E-state index < -0.39 is 34.7 Å². The lowest BCUT2D eigenvalue weighted by Crippen LogP contribution is -2.02. The van der Waals surface area contributed by atoms with Crippen molar-refractivity contribution in [3.05, 3.63) is 59.4 Å². The summed E-state index contributed by atoms with van der Waals surface area (Å²) in [6.07, 6.45) is 0. The number of hydrogen-bond donors (Lipinski definition) is 1. The van der Waals surface area contributed by atoms with Crippen LogP contribution in [-0.4, -0.2) is 11.1 Å². The highest BCUT2D eigenvalue weighted by Gasteiger charge is 2.17. The van der Waals surface area contributed by atoms with Crippen molar-refractivity contribution in [1.29, 1.82) is 0 Å². The zero-order chi connectivity index (χ0) is 14.0. The maximum absolute atomic E-state index is 13.5. The van der Waals surface area contributed by atoms with Gasteiger partial charge in [0.25, 0.3) is 0 Å². The van der Waals surface area contributed by atoms with Crippen LogP contribution in [-0.2, 0) is 0 Å². The Morgan fingerprint density at radius 3 is 2.37 bits per heavy atom. The highest BCUT2D eigenvalue weighted by molar-refractivity contribution is 5.91. The van der Waals surface area contributed by atoms with Crippen LogP contribution < -0.4 is 4.74 Å². The average molecular weight is 268 g/mol. The molecule has 0 amide bonds. The summed E-state index contributed by atoms with van der Waals surface area (Å²) in [7, 11) is 0. The predicted molar refractivity (Wildman–Crippen MR) is 59.8 cm³/mol. The van der Waals surface area contributed by atoms with Gasteiger partial charge in [-0.1, -0.05) is 6.07 Å². The summed E-state index contributed by atoms with van der Waals surface area (Å²) in [4.78, 5) is 10.9. The summed E-state index contributed by atoms with van der Waals surface area (Å²) >= 11 is 0. The molecule has 1 N–H and O–H groups in total. The molecule has 3 nitrogen and oxygen atoms in total. The molecule has 0 heterocycles. The minimum absolute atomic E-state index is 0.202. The molecule has 0 fully saturated rings. The van der Waals surface area contributed by atoms with Crippen LogP contribution in [0, 0.1) is 17.5 Å². The monoisotopic (exact) mass is 268 g/mol. The van der Waals surface area contributed by atoms with Gasteiger partial charge in [-0.2, -0.15) is 0 Å². The van der Waals surface area contributed by atoms with E-state index in [1.54, 1.807) is 0 Å². The third-order valence-corrected chi connectivity index (χ3v) is 2.31. The first-order valence-electron chi connectivity index (χ1n) is 5.13. The highest BCUT2D eigenvalue weighted by atomic mass is 19.2. The van der Waals surface area contributed by atoms with Crippen LogP contribution in [0.3, 0.4) is 0 Å². The topological polar surface area (TPSA) is 46.5 Å². The molecular formula is C13H7F3O3. The molecule has 0 aromatic heterocycles. The van der Waals surface area contributed by atoms with E-state index in [2.05, 4.69) is 0 Å². The fourth-order valence-electron chi connectivity index (χ4n) is 1.44. The van der Waals surface area contributed by atoms with Crippen LogP contribution in [0.1, 0.15) is 10.4 Å². The predicted octanol–water partition coefficient (Wildman–Crippen LogP) is 3.59. The Hall–Kier alpha value is -2.50. The van der Waals surface area contributed by atoms with E-state index in [0.717, 1.165) is 24.3 Å². The van der Waals surface area contributed by atoms with Crippen molar-refractivity contribution in [2.75, 3.05) is 0 Å². The Bertz CT molecular complexity index is 641. The van der Waals surface area contributed by atoms with Gasteiger partial charge in [0.15, 0.2) is 23.2 Å². The molecule has 98 valence electrons. The summed E-state index contributed by atoms with van der Waals surface area (Å²) in [6.45, 7) is 0. The smallest absolute Gasteiger partial charge is 0.339 e. The highest BCUT2D eigenvalue weighted by Crippen LogP contribution is 2.29. The lowest BCUT2D eigenvalue weighted by atomic mass is 10.2. The van der Waals surface area contributed by atoms with Crippen molar-refractivity contribution in [1.82, 2.24) is 0 Å². The molecule has 0 atom stereocenters. The van der Waals surface area contributed by atoms with Gasteiger partial charge in [0.1, 0.15) is 11.3 Å². The van der Waals surface area contributed by atoms with E-state index in [1.165, 1.54) is 6.07 Å². The van der Waals surface area contributed by atoms with Crippen LogP contribution >= 0.6 is 0 Å². The number of rotatable bonds is 3. The van der Waals surface area contributed by atoms with Gasteiger partial charge in [0.2, 0.25) is 0 Å². The van der Waals surface area contributed by atoms with Crippen molar-refractivity contribution in [2.45, 2.75) is 0 Å². The Kier molecular flexibility index (Phi) is 3.41. The molecule has 19 heavy (non-hydrogen) atoms. The van der Waals surface area contributed by atoms with Crippen molar-refractivity contribution in [2.24, 2.45) is 0 Å². The summed E-state index contributed by atoms with van der Waals surface area (Å²) < 4.78 is 44.2. The van der Waals surface area contributed by atoms with Crippen molar-refractivity contribution < 1.29 is 27.8 Å². The second-order valence-corrected chi connectivity index (χ2v) is 3.60. The van der Waals surface area contributed by atoms with E-state index in [1.807, 2.05) is 0 Å². The Balaban J connectivity index is 2.42. The quantitative estimate of drug-likeness (QED) is 0.925. The number of ether oxygens (including phenoxy) is 1. The normalized spacial score (nSPS) is 10.3. The molecule has 6 heteroatoms. The minimum Gasteiger partial charge on any atom is -0.478 e. The first-order chi connectivity index (χ1) is 8.99. The summed E-state index contributed by atoms with van der Waals surface area (Å²) in [5, 5.41) is 8.89. The van der Waals surface area contributed by atoms with Gasteiger partial charge >= 0.3 is 5.97 Å². The van der Waals surface area contributed by atoms with E-state index >= 15 is 0 Å². The van der Waals surface area contributed by atoms with Gasteiger partial charge < -0.3 is 9.84 Å². The van der Waals surface area contributed by atoms with Gasteiger partial charge in [-0.3, -0.25) is 0 Å². The van der Waals surface area contributed by atoms with Crippen LogP contribution in [0.2, 0.25) is 0 Å². The summed E-state index contributed by atoms with van der Waals surface area (Å²) in [5.74, 6) is -5.32. The average Bonchev–Trinajstić information content (AvgIpc) is 2.36.